The van der Waals surface area contributed by atoms with Crippen LogP contribution in [0.5, 0.6) is 11.5 Å². The maximum Gasteiger partial charge on any atom is 0.133 e. The molecule has 1 N–H and O–H groups in total. The van der Waals surface area contributed by atoms with Crippen molar-refractivity contribution in [1.29, 1.82) is 0 Å². The molecule has 19 heavy (non-hydrogen) atoms. The van der Waals surface area contributed by atoms with Gasteiger partial charge in [-0.25, -0.2) is 4.39 Å². The Morgan fingerprint density at radius 2 is 2.00 bits per heavy atom. The van der Waals surface area contributed by atoms with Crippen LogP contribution in [0.2, 0.25) is 0 Å². The molecular weight excluding hydrogens is 311 g/mol. The van der Waals surface area contributed by atoms with Crippen molar-refractivity contribution in [3.63, 3.8) is 0 Å². The van der Waals surface area contributed by atoms with E-state index in [0.717, 1.165) is 0 Å². The zero-order valence-corrected chi connectivity index (χ0v) is 12.0. The molecule has 2 aromatic carbocycles. The summed E-state index contributed by atoms with van der Waals surface area (Å²) in [6.07, 6.45) is 0.000865. The average Bonchev–Trinajstić information content (AvgIpc) is 2.37. The predicted molar refractivity (Wildman–Crippen MR) is 75.9 cm³/mol. The van der Waals surface area contributed by atoms with Crippen LogP contribution in [0.25, 0.3) is 0 Å². The first-order valence-corrected chi connectivity index (χ1v) is 6.80. The Kier molecular flexibility index (Phi) is 4.56. The first-order valence-electron chi connectivity index (χ1n) is 6.01. The van der Waals surface area contributed by atoms with Crippen molar-refractivity contribution < 1.29 is 14.2 Å². The Hall–Kier alpha value is -1.39. The highest BCUT2D eigenvalue weighted by molar-refractivity contribution is 9.10. The molecule has 2 rings (SSSR count). The summed E-state index contributed by atoms with van der Waals surface area (Å²) >= 11 is 3.22. The van der Waals surface area contributed by atoms with Gasteiger partial charge in [0.1, 0.15) is 17.3 Å². The third-order valence-electron chi connectivity index (χ3n) is 2.73. The van der Waals surface area contributed by atoms with Gasteiger partial charge in [0.05, 0.1) is 6.10 Å². The lowest BCUT2D eigenvalue weighted by molar-refractivity contribution is 0.170. The quantitative estimate of drug-likeness (QED) is 0.873. The summed E-state index contributed by atoms with van der Waals surface area (Å²) in [5.74, 6) is 0.551. The van der Waals surface area contributed by atoms with Crippen LogP contribution >= 0.6 is 15.9 Å². The summed E-state index contributed by atoms with van der Waals surface area (Å²) in [5.41, 5.74) is 0.699. The van der Waals surface area contributed by atoms with Gasteiger partial charge in [-0.15, -0.1) is 0 Å². The minimum absolute atomic E-state index is 0.377. The SMILES string of the molecule is CC[C@H](O)c1ccccc1Oc1cc(F)cc(Br)c1. The minimum atomic E-state index is -0.590. The standard InChI is InChI=1S/C15H14BrFO2/c1-2-14(18)13-5-3-4-6-15(13)19-12-8-10(16)7-11(17)9-12/h3-9,14,18H,2H2,1H3/t14-/m0/s1. The molecule has 100 valence electrons. The van der Waals surface area contributed by atoms with Crippen molar-refractivity contribution in [3.8, 4) is 11.5 Å². The van der Waals surface area contributed by atoms with Gasteiger partial charge in [0.15, 0.2) is 0 Å². The second kappa shape index (κ2) is 6.17. The van der Waals surface area contributed by atoms with Crippen molar-refractivity contribution in [2.75, 3.05) is 0 Å². The van der Waals surface area contributed by atoms with Gasteiger partial charge in [-0.05, 0) is 24.6 Å². The maximum absolute atomic E-state index is 13.3. The van der Waals surface area contributed by atoms with Crippen molar-refractivity contribution in [2.45, 2.75) is 19.4 Å². The van der Waals surface area contributed by atoms with E-state index in [1.165, 1.54) is 12.1 Å². The van der Waals surface area contributed by atoms with E-state index in [9.17, 15) is 9.50 Å². The lowest BCUT2D eigenvalue weighted by Gasteiger charge is -2.14. The van der Waals surface area contributed by atoms with Gasteiger partial charge < -0.3 is 9.84 Å². The Morgan fingerprint density at radius 3 is 2.68 bits per heavy atom. The smallest absolute Gasteiger partial charge is 0.133 e. The molecule has 2 nitrogen and oxygen atoms in total. The van der Waals surface area contributed by atoms with E-state index in [1.807, 2.05) is 19.1 Å². The van der Waals surface area contributed by atoms with E-state index in [2.05, 4.69) is 15.9 Å². The normalized spacial score (nSPS) is 12.2. The number of ether oxygens (including phenoxy) is 1. The number of hydrogen-bond acceptors (Lipinski definition) is 2. The molecule has 0 fully saturated rings. The Labute approximate surface area is 120 Å². The fourth-order valence-electron chi connectivity index (χ4n) is 1.78. The van der Waals surface area contributed by atoms with Crippen LogP contribution in [0.15, 0.2) is 46.9 Å². The number of halogens is 2. The van der Waals surface area contributed by atoms with Gasteiger partial charge in [0.2, 0.25) is 0 Å². The van der Waals surface area contributed by atoms with E-state index in [-0.39, 0.29) is 5.82 Å². The Bertz CT molecular complexity index is 552. The summed E-state index contributed by atoms with van der Waals surface area (Å²) < 4.78 is 19.6. The number of para-hydroxylation sites is 1. The molecule has 0 aliphatic rings. The van der Waals surface area contributed by atoms with E-state index in [1.54, 1.807) is 18.2 Å². The first-order chi connectivity index (χ1) is 9.10. The van der Waals surface area contributed by atoms with Crippen LogP contribution < -0.4 is 4.74 Å². The first kappa shape index (κ1) is 14.0. The fraction of sp³-hybridized carbons (Fsp3) is 0.200. The zero-order chi connectivity index (χ0) is 13.8. The van der Waals surface area contributed by atoms with Crippen LogP contribution in [-0.4, -0.2) is 5.11 Å². The molecule has 0 aliphatic carbocycles. The lowest BCUT2D eigenvalue weighted by Crippen LogP contribution is -1.98. The minimum Gasteiger partial charge on any atom is -0.457 e. The number of benzene rings is 2. The second-order valence-corrected chi connectivity index (χ2v) is 5.08. The van der Waals surface area contributed by atoms with Crippen LogP contribution in [0.4, 0.5) is 4.39 Å². The van der Waals surface area contributed by atoms with Gasteiger partial charge in [0.25, 0.3) is 0 Å². The average molecular weight is 325 g/mol. The Morgan fingerprint density at radius 1 is 1.26 bits per heavy atom. The highest BCUT2D eigenvalue weighted by Gasteiger charge is 2.12. The lowest BCUT2D eigenvalue weighted by atomic mass is 10.1. The number of hydrogen-bond donors (Lipinski definition) is 1. The third-order valence-corrected chi connectivity index (χ3v) is 3.19. The largest absolute Gasteiger partial charge is 0.457 e. The molecule has 1 atom stereocenters. The summed E-state index contributed by atoms with van der Waals surface area (Å²) in [4.78, 5) is 0. The summed E-state index contributed by atoms with van der Waals surface area (Å²) in [5, 5.41) is 9.93. The molecule has 0 unspecified atom stereocenters. The van der Waals surface area contributed by atoms with Crippen LogP contribution in [0.1, 0.15) is 25.0 Å². The second-order valence-electron chi connectivity index (χ2n) is 4.17. The van der Waals surface area contributed by atoms with Gasteiger partial charge in [-0.3, -0.25) is 0 Å². The van der Waals surface area contributed by atoms with Gasteiger partial charge in [-0.2, -0.15) is 0 Å². The molecule has 0 saturated heterocycles. The summed E-state index contributed by atoms with van der Waals surface area (Å²) in [7, 11) is 0. The van der Waals surface area contributed by atoms with E-state index in [0.29, 0.717) is 28.0 Å². The zero-order valence-electron chi connectivity index (χ0n) is 10.4. The monoisotopic (exact) mass is 324 g/mol. The van der Waals surface area contributed by atoms with Gasteiger partial charge in [-0.1, -0.05) is 41.1 Å². The molecule has 2 aromatic rings. The molecule has 0 aromatic heterocycles. The molecule has 0 heterocycles. The van der Waals surface area contributed by atoms with Crippen molar-refractivity contribution in [1.82, 2.24) is 0 Å². The highest BCUT2D eigenvalue weighted by atomic mass is 79.9. The maximum atomic E-state index is 13.3. The predicted octanol–water partition coefficient (Wildman–Crippen LogP) is 4.82. The van der Waals surface area contributed by atoms with Gasteiger partial charge >= 0.3 is 0 Å². The third kappa shape index (κ3) is 3.55. The molecule has 0 saturated carbocycles. The van der Waals surface area contributed by atoms with Gasteiger partial charge in [0, 0.05) is 16.1 Å². The molecule has 0 aliphatic heterocycles. The molecule has 0 amide bonds. The van der Waals surface area contributed by atoms with Crippen LogP contribution in [0, 0.1) is 5.82 Å². The highest BCUT2D eigenvalue weighted by Crippen LogP contribution is 2.32. The molecule has 4 heteroatoms. The molecule has 0 bridgehead atoms. The number of aliphatic hydroxyl groups is 1. The van der Waals surface area contributed by atoms with E-state index in [4.69, 9.17) is 4.74 Å². The number of rotatable bonds is 4. The number of aliphatic hydroxyl groups excluding tert-OH is 1. The summed E-state index contributed by atoms with van der Waals surface area (Å²) in [6.45, 7) is 1.89. The van der Waals surface area contributed by atoms with Crippen molar-refractivity contribution >= 4 is 15.9 Å². The van der Waals surface area contributed by atoms with E-state index < -0.39 is 6.10 Å². The molecular formula is C15H14BrFO2. The van der Waals surface area contributed by atoms with Crippen LogP contribution in [-0.2, 0) is 0 Å². The van der Waals surface area contributed by atoms with Crippen molar-refractivity contribution in [3.05, 3.63) is 58.3 Å². The van der Waals surface area contributed by atoms with E-state index >= 15 is 0 Å². The molecule has 0 spiro atoms. The van der Waals surface area contributed by atoms with Crippen LogP contribution in [0.3, 0.4) is 0 Å². The van der Waals surface area contributed by atoms with Crippen molar-refractivity contribution in [2.24, 2.45) is 0 Å². The fourth-order valence-corrected chi connectivity index (χ4v) is 2.23. The summed E-state index contributed by atoms with van der Waals surface area (Å²) in [6, 6.07) is 11.6. The Balaban J connectivity index is 2.32. The molecule has 0 radical (unpaired) electrons. The topological polar surface area (TPSA) is 29.5 Å².